The van der Waals surface area contributed by atoms with Gasteiger partial charge >= 0.3 is 0 Å². The molecule has 0 aliphatic rings. The highest BCUT2D eigenvalue weighted by atomic mass is 16.2. The average molecular weight is 249 g/mol. The number of hydrogen-bond acceptors (Lipinski definition) is 3. The van der Waals surface area contributed by atoms with Crippen molar-refractivity contribution in [2.45, 2.75) is 32.2 Å². The number of nitrogens with one attached hydrogen (secondary N) is 1. The van der Waals surface area contributed by atoms with E-state index in [1.165, 1.54) is 0 Å². The molecule has 0 spiro atoms. The zero-order chi connectivity index (χ0) is 13.5. The van der Waals surface area contributed by atoms with E-state index in [-0.39, 0.29) is 5.91 Å². The second kappa shape index (κ2) is 6.76. The Balaban J connectivity index is 2.56. The standard InChI is InChI=1S/C13H19N3O2/c1-2-3-4-11(14)13(18)16-10-7-5-9(6-8-10)12(15)17/h5-8,11H,2-4,14H2,1H3,(H2,15,17)(H,16,18). The van der Waals surface area contributed by atoms with Crippen LogP contribution in [0.25, 0.3) is 0 Å². The van der Waals surface area contributed by atoms with E-state index in [9.17, 15) is 9.59 Å². The third kappa shape index (κ3) is 4.18. The summed E-state index contributed by atoms with van der Waals surface area (Å²) in [5.74, 6) is -0.706. The fourth-order valence-corrected chi connectivity index (χ4v) is 1.51. The maximum absolute atomic E-state index is 11.7. The molecule has 0 heterocycles. The lowest BCUT2D eigenvalue weighted by Gasteiger charge is -2.11. The second-order valence-corrected chi connectivity index (χ2v) is 4.18. The molecule has 0 aliphatic carbocycles. The maximum Gasteiger partial charge on any atom is 0.248 e. The zero-order valence-electron chi connectivity index (χ0n) is 10.5. The topological polar surface area (TPSA) is 98.2 Å². The molecule has 1 rings (SSSR count). The van der Waals surface area contributed by atoms with Crippen LogP contribution < -0.4 is 16.8 Å². The van der Waals surface area contributed by atoms with Crippen molar-refractivity contribution in [3.05, 3.63) is 29.8 Å². The van der Waals surface area contributed by atoms with Crippen LogP contribution in [-0.2, 0) is 4.79 Å². The van der Waals surface area contributed by atoms with E-state index in [4.69, 9.17) is 11.5 Å². The SMILES string of the molecule is CCCCC(N)C(=O)Nc1ccc(C(N)=O)cc1. The zero-order valence-corrected chi connectivity index (χ0v) is 10.5. The summed E-state index contributed by atoms with van der Waals surface area (Å²) >= 11 is 0. The van der Waals surface area contributed by atoms with Gasteiger partial charge in [0.25, 0.3) is 0 Å². The number of anilines is 1. The van der Waals surface area contributed by atoms with Crippen LogP contribution in [0.4, 0.5) is 5.69 Å². The highest BCUT2D eigenvalue weighted by Gasteiger charge is 2.12. The fraction of sp³-hybridized carbons (Fsp3) is 0.385. The second-order valence-electron chi connectivity index (χ2n) is 4.18. The molecule has 0 saturated heterocycles. The summed E-state index contributed by atoms with van der Waals surface area (Å²) in [6.07, 6.45) is 2.60. The molecule has 0 aromatic heterocycles. The number of primary amides is 1. The van der Waals surface area contributed by atoms with Crippen LogP contribution >= 0.6 is 0 Å². The first-order chi connectivity index (χ1) is 8.54. The summed E-state index contributed by atoms with van der Waals surface area (Å²) in [4.78, 5) is 22.6. The van der Waals surface area contributed by atoms with Crippen LogP contribution in [0.5, 0.6) is 0 Å². The van der Waals surface area contributed by atoms with Gasteiger partial charge in [-0.05, 0) is 30.7 Å². The number of rotatable bonds is 6. The Labute approximate surface area is 107 Å². The van der Waals surface area contributed by atoms with Gasteiger partial charge in [0.2, 0.25) is 11.8 Å². The third-order valence-corrected chi connectivity index (χ3v) is 2.64. The minimum absolute atomic E-state index is 0.213. The van der Waals surface area contributed by atoms with Crippen molar-refractivity contribution in [3.63, 3.8) is 0 Å². The number of carbonyl (C=O) groups is 2. The van der Waals surface area contributed by atoms with Crippen LogP contribution in [0, 0.1) is 0 Å². The van der Waals surface area contributed by atoms with Crippen LogP contribution in [0.2, 0.25) is 0 Å². The number of amides is 2. The van der Waals surface area contributed by atoms with Crippen molar-refractivity contribution in [2.24, 2.45) is 11.5 Å². The molecule has 1 aromatic rings. The molecule has 98 valence electrons. The van der Waals surface area contributed by atoms with Gasteiger partial charge in [0, 0.05) is 11.3 Å². The summed E-state index contributed by atoms with van der Waals surface area (Å²) in [5.41, 5.74) is 11.9. The van der Waals surface area contributed by atoms with Gasteiger partial charge in [-0.25, -0.2) is 0 Å². The van der Waals surface area contributed by atoms with E-state index in [1.807, 2.05) is 6.92 Å². The number of carbonyl (C=O) groups excluding carboxylic acids is 2. The number of benzene rings is 1. The number of hydrogen-bond donors (Lipinski definition) is 3. The quantitative estimate of drug-likeness (QED) is 0.707. The molecule has 0 radical (unpaired) electrons. The van der Waals surface area contributed by atoms with Crippen molar-refractivity contribution in [1.29, 1.82) is 0 Å². The lowest BCUT2D eigenvalue weighted by Crippen LogP contribution is -2.35. The highest BCUT2D eigenvalue weighted by molar-refractivity contribution is 5.96. The largest absolute Gasteiger partial charge is 0.366 e. The summed E-state index contributed by atoms with van der Waals surface area (Å²) in [5, 5.41) is 2.70. The van der Waals surface area contributed by atoms with Gasteiger partial charge in [-0.3, -0.25) is 9.59 Å². The Morgan fingerprint density at radius 2 is 1.89 bits per heavy atom. The average Bonchev–Trinajstić information content (AvgIpc) is 2.36. The minimum Gasteiger partial charge on any atom is -0.366 e. The Kier molecular flexibility index (Phi) is 5.32. The molecule has 18 heavy (non-hydrogen) atoms. The Bertz CT molecular complexity index is 415. The van der Waals surface area contributed by atoms with E-state index in [1.54, 1.807) is 24.3 Å². The molecule has 0 saturated carbocycles. The van der Waals surface area contributed by atoms with Gasteiger partial charge in [0.15, 0.2) is 0 Å². The molecule has 5 N–H and O–H groups in total. The summed E-state index contributed by atoms with van der Waals surface area (Å²) in [6.45, 7) is 2.05. The van der Waals surface area contributed by atoms with Crippen LogP contribution in [0.1, 0.15) is 36.5 Å². The lowest BCUT2D eigenvalue weighted by atomic mass is 10.1. The monoisotopic (exact) mass is 249 g/mol. The molecule has 1 unspecified atom stereocenters. The molecular weight excluding hydrogens is 230 g/mol. The summed E-state index contributed by atoms with van der Waals surface area (Å²) in [6, 6.07) is 5.89. The van der Waals surface area contributed by atoms with E-state index >= 15 is 0 Å². The van der Waals surface area contributed by atoms with Gasteiger partial charge in [-0.15, -0.1) is 0 Å². The van der Waals surface area contributed by atoms with Crippen molar-refractivity contribution in [1.82, 2.24) is 0 Å². The van der Waals surface area contributed by atoms with Gasteiger partial charge in [0.05, 0.1) is 6.04 Å². The van der Waals surface area contributed by atoms with E-state index in [0.29, 0.717) is 17.7 Å². The van der Waals surface area contributed by atoms with E-state index < -0.39 is 11.9 Å². The molecule has 5 heteroatoms. The highest BCUT2D eigenvalue weighted by Crippen LogP contribution is 2.10. The third-order valence-electron chi connectivity index (χ3n) is 2.64. The Morgan fingerprint density at radius 3 is 2.39 bits per heavy atom. The van der Waals surface area contributed by atoms with Gasteiger partial charge in [-0.1, -0.05) is 19.8 Å². The normalized spacial score (nSPS) is 11.9. The molecule has 5 nitrogen and oxygen atoms in total. The predicted octanol–water partition coefficient (Wildman–Crippen LogP) is 1.24. The first-order valence-corrected chi connectivity index (χ1v) is 6.01. The van der Waals surface area contributed by atoms with Crippen LogP contribution in [-0.4, -0.2) is 17.9 Å². The summed E-state index contributed by atoms with van der Waals surface area (Å²) in [7, 11) is 0. The number of unbranched alkanes of at least 4 members (excludes halogenated alkanes) is 1. The van der Waals surface area contributed by atoms with Gasteiger partial charge < -0.3 is 16.8 Å². The smallest absolute Gasteiger partial charge is 0.248 e. The first-order valence-electron chi connectivity index (χ1n) is 6.01. The fourth-order valence-electron chi connectivity index (χ4n) is 1.51. The Morgan fingerprint density at radius 1 is 1.28 bits per heavy atom. The molecule has 0 aliphatic heterocycles. The van der Waals surface area contributed by atoms with Crippen molar-refractivity contribution >= 4 is 17.5 Å². The van der Waals surface area contributed by atoms with Crippen LogP contribution in [0.15, 0.2) is 24.3 Å². The predicted molar refractivity (Wildman–Crippen MR) is 71.1 cm³/mol. The summed E-state index contributed by atoms with van der Waals surface area (Å²) < 4.78 is 0. The number of nitrogens with two attached hydrogens (primary N) is 2. The lowest BCUT2D eigenvalue weighted by molar-refractivity contribution is -0.117. The van der Waals surface area contributed by atoms with Crippen molar-refractivity contribution in [2.75, 3.05) is 5.32 Å². The van der Waals surface area contributed by atoms with Crippen molar-refractivity contribution < 1.29 is 9.59 Å². The van der Waals surface area contributed by atoms with E-state index in [2.05, 4.69) is 5.32 Å². The van der Waals surface area contributed by atoms with Gasteiger partial charge in [-0.2, -0.15) is 0 Å². The molecule has 0 fully saturated rings. The molecule has 1 atom stereocenters. The molecular formula is C13H19N3O2. The van der Waals surface area contributed by atoms with Crippen molar-refractivity contribution in [3.8, 4) is 0 Å². The van der Waals surface area contributed by atoms with Gasteiger partial charge in [0.1, 0.15) is 0 Å². The molecule has 0 bridgehead atoms. The van der Waals surface area contributed by atoms with Crippen LogP contribution in [0.3, 0.4) is 0 Å². The maximum atomic E-state index is 11.7. The molecule has 1 aromatic carbocycles. The Hall–Kier alpha value is -1.88. The molecule has 2 amide bonds. The van der Waals surface area contributed by atoms with E-state index in [0.717, 1.165) is 12.8 Å². The minimum atomic E-state index is -0.499. The first kappa shape index (κ1) is 14.2.